The van der Waals surface area contributed by atoms with Crippen LogP contribution in [0.4, 0.5) is 0 Å². The van der Waals surface area contributed by atoms with Gasteiger partial charge in [-0.1, -0.05) is 39.5 Å². The molecular formula is C17H36O5Si. The van der Waals surface area contributed by atoms with E-state index in [2.05, 4.69) is 13.8 Å². The summed E-state index contributed by atoms with van der Waals surface area (Å²) in [5.74, 6) is 0. The summed E-state index contributed by atoms with van der Waals surface area (Å²) >= 11 is 0. The number of hydrogen-bond donors (Lipinski definition) is 0. The normalized spacial score (nSPS) is 11.2. The van der Waals surface area contributed by atoms with Crippen LogP contribution in [0.3, 0.4) is 0 Å². The van der Waals surface area contributed by atoms with Crippen molar-refractivity contribution in [2.24, 2.45) is 0 Å². The summed E-state index contributed by atoms with van der Waals surface area (Å²) in [6.07, 6.45) is 6.14. The lowest BCUT2D eigenvalue weighted by molar-refractivity contribution is -0.00471. The lowest BCUT2D eigenvalue weighted by atomic mass is 10.3. The average Bonchev–Trinajstić information content (AvgIpc) is 2.57. The van der Waals surface area contributed by atoms with Crippen molar-refractivity contribution in [3.63, 3.8) is 0 Å². The summed E-state index contributed by atoms with van der Waals surface area (Å²) in [6.45, 7) is 10.3. The quantitative estimate of drug-likeness (QED) is 0.250. The SMILES string of the molecule is CCCCC[Si]OCCOCCOCCOCCOCCCC. The maximum Gasteiger partial charge on any atom is 0.229 e. The van der Waals surface area contributed by atoms with Crippen LogP contribution in [0.25, 0.3) is 0 Å². The average molecular weight is 349 g/mol. The Kier molecular flexibility index (Phi) is 22.0. The zero-order chi connectivity index (χ0) is 16.8. The van der Waals surface area contributed by atoms with E-state index in [1.807, 2.05) is 0 Å². The van der Waals surface area contributed by atoms with E-state index in [-0.39, 0.29) is 0 Å². The predicted molar refractivity (Wildman–Crippen MR) is 94.2 cm³/mol. The summed E-state index contributed by atoms with van der Waals surface area (Å²) in [6, 6.07) is 1.18. The zero-order valence-corrected chi connectivity index (χ0v) is 16.1. The fourth-order valence-electron chi connectivity index (χ4n) is 1.70. The second-order valence-electron chi connectivity index (χ2n) is 5.25. The van der Waals surface area contributed by atoms with Crippen molar-refractivity contribution in [3.05, 3.63) is 0 Å². The summed E-state index contributed by atoms with van der Waals surface area (Å²) in [5, 5.41) is 0. The highest BCUT2D eigenvalue weighted by Crippen LogP contribution is 1.98. The van der Waals surface area contributed by atoms with Crippen molar-refractivity contribution in [1.29, 1.82) is 0 Å². The predicted octanol–water partition coefficient (Wildman–Crippen LogP) is 3.10. The molecule has 0 fully saturated rings. The lowest BCUT2D eigenvalue weighted by Crippen LogP contribution is -2.13. The first-order valence-corrected chi connectivity index (χ1v) is 10.2. The molecule has 0 aliphatic carbocycles. The Morgan fingerprint density at radius 3 is 1.52 bits per heavy atom. The maximum atomic E-state index is 5.52. The molecule has 0 saturated heterocycles. The molecule has 0 spiro atoms. The summed E-state index contributed by atoms with van der Waals surface area (Å²) in [5.41, 5.74) is 0. The van der Waals surface area contributed by atoms with Crippen molar-refractivity contribution >= 4 is 9.76 Å². The molecule has 0 bridgehead atoms. The molecule has 0 aromatic rings. The molecule has 0 amide bonds. The monoisotopic (exact) mass is 348 g/mol. The Labute approximate surface area is 145 Å². The van der Waals surface area contributed by atoms with Gasteiger partial charge in [0.1, 0.15) is 0 Å². The van der Waals surface area contributed by atoms with E-state index in [1.165, 1.54) is 31.7 Å². The molecule has 0 unspecified atom stereocenters. The van der Waals surface area contributed by atoms with Gasteiger partial charge in [0.25, 0.3) is 0 Å². The molecule has 0 aliphatic heterocycles. The van der Waals surface area contributed by atoms with Gasteiger partial charge in [-0.15, -0.1) is 0 Å². The highest BCUT2D eigenvalue weighted by Gasteiger charge is 1.94. The van der Waals surface area contributed by atoms with E-state index in [4.69, 9.17) is 23.4 Å². The van der Waals surface area contributed by atoms with Gasteiger partial charge in [-0.2, -0.15) is 0 Å². The van der Waals surface area contributed by atoms with Crippen LogP contribution < -0.4 is 0 Å². The lowest BCUT2D eigenvalue weighted by Gasteiger charge is -2.07. The number of rotatable bonds is 20. The molecule has 0 aliphatic rings. The molecular weight excluding hydrogens is 312 g/mol. The van der Waals surface area contributed by atoms with Gasteiger partial charge in [-0.05, 0) is 12.5 Å². The van der Waals surface area contributed by atoms with Gasteiger partial charge < -0.3 is 23.4 Å². The van der Waals surface area contributed by atoms with E-state index < -0.39 is 0 Å². The summed E-state index contributed by atoms with van der Waals surface area (Å²) in [4.78, 5) is 0. The highest BCUT2D eigenvalue weighted by molar-refractivity contribution is 6.26. The second-order valence-corrected chi connectivity index (χ2v) is 6.33. The molecule has 2 radical (unpaired) electrons. The zero-order valence-electron chi connectivity index (χ0n) is 15.1. The maximum absolute atomic E-state index is 5.52. The Balaban J connectivity index is 2.92. The number of unbranched alkanes of at least 4 members (excludes halogenated alkanes) is 3. The van der Waals surface area contributed by atoms with Crippen LogP contribution in [0.5, 0.6) is 0 Å². The van der Waals surface area contributed by atoms with Gasteiger partial charge in [0, 0.05) is 6.61 Å². The van der Waals surface area contributed by atoms with Crippen LogP contribution in [0.15, 0.2) is 0 Å². The molecule has 138 valence electrons. The molecule has 0 rings (SSSR count). The van der Waals surface area contributed by atoms with E-state index in [9.17, 15) is 0 Å². The minimum absolute atomic E-state index is 0.605. The van der Waals surface area contributed by atoms with Gasteiger partial charge >= 0.3 is 0 Å². The Hall–Kier alpha value is 0.0169. The van der Waals surface area contributed by atoms with Crippen LogP contribution in [0, 0.1) is 0 Å². The summed E-state index contributed by atoms with van der Waals surface area (Å²) < 4.78 is 27.2. The minimum atomic E-state index is 0.605. The van der Waals surface area contributed by atoms with Crippen molar-refractivity contribution < 1.29 is 23.4 Å². The Morgan fingerprint density at radius 2 is 1.00 bits per heavy atom. The third-order valence-electron chi connectivity index (χ3n) is 3.07. The third-order valence-corrected chi connectivity index (χ3v) is 4.04. The van der Waals surface area contributed by atoms with Gasteiger partial charge in [-0.3, -0.25) is 0 Å². The van der Waals surface area contributed by atoms with Gasteiger partial charge in [0.2, 0.25) is 9.76 Å². The van der Waals surface area contributed by atoms with Crippen LogP contribution >= 0.6 is 0 Å². The molecule has 23 heavy (non-hydrogen) atoms. The first kappa shape index (κ1) is 23.0. The van der Waals surface area contributed by atoms with Crippen molar-refractivity contribution in [2.75, 3.05) is 59.5 Å². The van der Waals surface area contributed by atoms with Crippen LogP contribution in [-0.4, -0.2) is 69.2 Å². The molecule has 6 heteroatoms. The fraction of sp³-hybridized carbons (Fsp3) is 1.00. The van der Waals surface area contributed by atoms with E-state index >= 15 is 0 Å². The molecule has 0 aromatic carbocycles. The summed E-state index contributed by atoms with van der Waals surface area (Å²) in [7, 11) is 0.615. The molecule has 0 atom stereocenters. The van der Waals surface area contributed by atoms with E-state index in [0.29, 0.717) is 62.6 Å². The second kappa shape index (κ2) is 22.0. The van der Waals surface area contributed by atoms with Crippen molar-refractivity contribution in [2.45, 2.75) is 52.0 Å². The van der Waals surface area contributed by atoms with Crippen LogP contribution in [0.1, 0.15) is 46.0 Å². The molecule has 5 nitrogen and oxygen atoms in total. The smallest absolute Gasteiger partial charge is 0.229 e. The number of hydrogen-bond acceptors (Lipinski definition) is 5. The van der Waals surface area contributed by atoms with Crippen molar-refractivity contribution in [1.82, 2.24) is 0 Å². The van der Waals surface area contributed by atoms with E-state index in [0.717, 1.165) is 13.0 Å². The third kappa shape index (κ3) is 22.0. The molecule has 0 aromatic heterocycles. The van der Waals surface area contributed by atoms with Gasteiger partial charge in [-0.25, -0.2) is 0 Å². The first-order chi connectivity index (χ1) is 11.4. The van der Waals surface area contributed by atoms with Crippen molar-refractivity contribution in [3.8, 4) is 0 Å². The fourth-order valence-corrected chi connectivity index (χ4v) is 2.47. The van der Waals surface area contributed by atoms with Gasteiger partial charge in [0.05, 0.1) is 52.9 Å². The standard InChI is InChI=1S/C17H36O5Si/c1-3-5-7-17-23-22-16-15-21-14-13-20-12-11-19-10-9-18-8-6-4-2/h3-17H2,1-2H3. The first-order valence-electron chi connectivity index (χ1n) is 9.07. The highest BCUT2D eigenvalue weighted by atomic mass is 28.2. The molecule has 0 N–H and O–H groups in total. The largest absolute Gasteiger partial charge is 0.415 e. The molecule has 0 saturated carbocycles. The van der Waals surface area contributed by atoms with Gasteiger partial charge in [0.15, 0.2) is 0 Å². The minimum Gasteiger partial charge on any atom is -0.415 e. The Morgan fingerprint density at radius 1 is 0.522 bits per heavy atom. The van der Waals surface area contributed by atoms with E-state index in [1.54, 1.807) is 0 Å². The van der Waals surface area contributed by atoms with Crippen LogP contribution in [-0.2, 0) is 23.4 Å². The number of ether oxygens (including phenoxy) is 4. The van der Waals surface area contributed by atoms with Crippen LogP contribution in [0.2, 0.25) is 6.04 Å². The Bertz CT molecular complexity index is 187. The molecule has 0 heterocycles. The topological polar surface area (TPSA) is 46.2 Å².